The fourth-order valence-corrected chi connectivity index (χ4v) is 3.94. The standard InChI is InChI=1S/C18H16ClF3N4O/c1-27-11-6-12(21)14(13(22)7-11)15-16(9-2-4-10(20)5-3-9)26-18(23-8-24-26)25-17(15)19/h6-10H,2-5H2,1H3/t9-,10+. The van der Waals surface area contributed by atoms with Crippen molar-refractivity contribution in [1.29, 1.82) is 0 Å². The highest BCUT2D eigenvalue weighted by molar-refractivity contribution is 6.32. The summed E-state index contributed by atoms with van der Waals surface area (Å²) >= 11 is 6.33. The number of alkyl halides is 1. The molecule has 9 heteroatoms. The van der Waals surface area contributed by atoms with Gasteiger partial charge in [-0.3, -0.25) is 0 Å². The molecule has 0 unspecified atom stereocenters. The Morgan fingerprint density at radius 3 is 2.41 bits per heavy atom. The number of halogens is 4. The molecule has 0 radical (unpaired) electrons. The zero-order valence-electron chi connectivity index (χ0n) is 14.4. The maximum absolute atomic E-state index is 14.8. The number of aromatic nitrogens is 4. The highest BCUT2D eigenvalue weighted by atomic mass is 35.5. The third-order valence-corrected chi connectivity index (χ3v) is 5.24. The van der Waals surface area contributed by atoms with Crippen LogP contribution in [-0.2, 0) is 0 Å². The van der Waals surface area contributed by atoms with E-state index in [1.54, 1.807) is 0 Å². The van der Waals surface area contributed by atoms with Gasteiger partial charge in [-0.1, -0.05) is 11.6 Å². The minimum atomic E-state index is -0.872. The van der Waals surface area contributed by atoms with Crippen LogP contribution in [0.3, 0.4) is 0 Å². The van der Waals surface area contributed by atoms with Crippen molar-refractivity contribution in [2.75, 3.05) is 7.11 Å². The van der Waals surface area contributed by atoms with Crippen molar-refractivity contribution in [3.8, 4) is 16.9 Å². The van der Waals surface area contributed by atoms with Gasteiger partial charge in [-0.15, -0.1) is 0 Å². The van der Waals surface area contributed by atoms with E-state index in [1.807, 2.05) is 0 Å². The van der Waals surface area contributed by atoms with Gasteiger partial charge in [0.2, 0.25) is 0 Å². The predicted octanol–water partition coefficient (Wildman–Crippen LogP) is 4.73. The van der Waals surface area contributed by atoms with Crippen LogP contribution in [0.15, 0.2) is 18.5 Å². The number of hydrogen-bond acceptors (Lipinski definition) is 4. The Morgan fingerprint density at radius 2 is 1.78 bits per heavy atom. The minimum absolute atomic E-state index is 0.0548. The number of ether oxygens (including phenoxy) is 1. The molecular formula is C18H16ClF3N4O. The SMILES string of the molecule is COc1cc(F)c(-c2c(Cl)nc3ncnn3c2[C@H]2CC[C@@H](F)CC2)c(F)c1. The van der Waals surface area contributed by atoms with Crippen LogP contribution < -0.4 is 4.74 Å². The molecule has 0 N–H and O–H groups in total. The second-order valence-corrected chi connectivity index (χ2v) is 6.91. The Balaban J connectivity index is 1.98. The van der Waals surface area contributed by atoms with Crippen LogP contribution in [0.1, 0.15) is 37.3 Å². The first-order chi connectivity index (χ1) is 13.0. The normalized spacial score (nSPS) is 20.2. The summed E-state index contributed by atoms with van der Waals surface area (Å²) in [5.74, 6) is -1.53. The quantitative estimate of drug-likeness (QED) is 0.601. The molecule has 27 heavy (non-hydrogen) atoms. The van der Waals surface area contributed by atoms with E-state index in [1.165, 1.54) is 18.0 Å². The molecule has 0 atom stereocenters. The zero-order chi connectivity index (χ0) is 19.1. The van der Waals surface area contributed by atoms with Gasteiger partial charge in [-0.25, -0.2) is 17.7 Å². The Hall–Kier alpha value is -2.35. The van der Waals surface area contributed by atoms with Gasteiger partial charge >= 0.3 is 0 Å². The second-order valence-electron chi connectivity index (χ2n) is 6.55. The minimum Gasteiger partial charge on any atom is -0.497 e. The molecule has 0 amide bonds. The summed E-state index contributed by atoms with van der Waals surface area (Å²) in [6.45, 7) is 0. The Labute approximate surface area is 158 Å². The van der Waals surface area contributed by atoms with E-state index in [0.717, 1.165) is 12.1 Å². The van der Waals surface area contributed by atoms with Crippen molar-refractivity contribution in [2.24, 2.45) is 0 Å². The van der Waals surface area contributed by atoms with Crippen LogP contribution >= 0.6 is 11.6 Å². The lowest BCUT2D eigenvalue weighted by Gasteiger charge is -2.27. The summed E-state index contributed by atoms with van der Waals surface area (Å²) in [5, 5.41) is 4.08. The van der Waals surface area contributed by atoms with E-state index < -0.39 is 17.8 Å². The lowest BCUT2D eigenvalue weighted by atomic mass is 9.83. The van der Waals surface area contributed by atoms with E-state index in [2.05, 4.69) is 15.1 Å². The summed E-state index contributed by atoms with van der Waals surface area (Å²) in [6, 6.07) is 2.17. The molecule has 1 saturated carbocycles. The number of methoxy groups -OCH3 is 1. The van der Waals surface area contributed by atoms with Crippen molar-refractivity contribution >= 4 is 17.4 Å². The van der Waals surface area contributed by atoms with Crippen molar-refractivity contribution in [3.63, 3.8) is 0 Å². The van der Waals surface area contributed by atoms with Crippen LogP contribution in [0.5, 0.6) is 5.75 Å². The first kappa shape index (κ1) is 18.0. The number of nitrogens with zero attached hydrogens (tertiary/aromatic N) is 4. The predicted molar refractivity (Wildman–Crippen MR) is 93.8 cm³/mol. The highest BCUT2D eigenvalue weighted by Crippen LogP contribution is 2.43. The highest BCUT2D eigenvalue weighted by Gasteiger charge is 2.31. The van der Waals surface area contributed by atoms with Crippen LogP contribution in [0.2, 0.25) is 5.15 Å². The van der Waals surface area contributed by atoms with Crippen LogP contribution in [0.4, 0.5) is 13.2 Å². The molecule has 142 valence electrons. The summed E-state index contributed by atoms with van der Waals surface area (Å²) in [5.41, 5.74) is 0.315. The topological polar surface area (TPSA) is 52.3 Å². The summed E-state index contributed by atoms with van der Waals surface area (Å²) < 4.78 is 49.6. The van der Waals surface area contributed by atoms with Gasteiger partial charge in [0.15, 0.2) is 0 Å². The maximum Gasteiger partial charge on any atom is 0.253 e. The number of fused-ring (bicyclic) bond motifs is 1. The Bertz CT molecular complexity index is 979. The molecule has 1 fully saturated rings. The van der Waals surface area contributed by atoms with Crippen LogP contribution in [0.25, 0.3) is 16.9 Å². The molecule has 1 aromatic carbocycles. The Morgan fingerprint density at radius 1 is 1.11 bits per heavy atom. The number of rotatable bonds is 3. The molecular weight excluding hydrogens is 381 g/mol. The molecule has 4 rings (SSSR count). The average Bonchev–Trinajstić information content (AvgIpc) is 3.10. The summed E-state index contributed by atoms with van der Waals surface area (Å²) in [7, 11) is 1.32. The first-order valence-corrected chi connectivity index (χ1v) is 8.94. The van der Waals surface area contributed by atoms with Gasteiger partial charge in [-0.05, 0) is 25.7 Å². The second kappa shape index (κ2) is 6.99. The van der Waals surface area contributed by atoms with Crippen molar-refractivity contribution in [1.82, 2.24) is 19.6 Å². The van der Waals surface area contributed by atoms with E-state index in [9.17, 15) is 13.2 Å². The monoisotopic (exact) mass is 396 g/mol. The number of benzene rings is 1. The van der Waals surface area contributed by atoms with Gasteiger partial charge in [-0.2, -0.15) is 15.1 Å². The van der Waals surface area contributed by atoms with Gasteiger partial charge < -0.3 is 4.74 Å². The maximum atomic E-state index is 14.8. The van der Waals surface area contributed by atoms with E-state index >= 15 is 0 Å². The molecule has 2 heterocycles. The lowest BCUT2D eigenvalue weighted by Crippen LogP contribution is -2.18. The molecule has 0 spiro atoms. The fraction of sp³-hybridized carbons (Fsp3) is 0.389. The molecule has 0 saturated heterocycles. The molecule has 5 nitrogen and oxygen atoms in total. The van der Waals surface area contributed by atoms with Crippen molar-refractivity contribution in [2.45, 2.75) is 37.8 Å². The summed E-state index contributed by atoms with van der Waals surface area (Å²) in [4.78, 5) is 8.16. The van der Waals surface area contributed by atoms with E-state index in [4.69, 9.17) is 16.3 Å². The molecule has 1 aliphatic rings. The van der Waals surface area contributed by atoms with E-state index in [0.29, 0.717) is 31.4 Å². The smallest absolute Gasteiger partial charge is 0.253 e. The molecule has 2 aromatic heterocycles. The van der Waals surface area contributed by atoms with Crippen molar-refractivity contribution in [3.05, 3.63) is 40.9 Å². The average molecular weight is 397 g/mol. The van der Waals surface area contributed by atoms with Gasteiger partial charge in [0.25, 0.3) is 5.78 Å². The van der Waals surface area contributed by atoms with Gasteiger partial charge in [0, 0.05) is 23.6 Å². The Kier molecular flexibility index (Phi) is 4.67. The van der Waals surface area contributed by atoms with Crippen LogP contribution in [0, 0.1) is 11.6 Å². The first-order valence-electron chi connectivity index (χ1n) is 8.56. The van der Waals surface area contributed by atoms with Gasteiger partial charge in [0.1, 0.15) is 35.0 Å². The molecule has 1 aliphatic carbocycles. The lowest BCUT2D eigenvalue weighted by molar-refractivity contribution is 0.233. The zero-order valence-corrected chi connectivity index (χ0v) is 15.2. The molecule has 0 bridgehead atoms. The number of hydrogen-bond donors (Lipinski definition) is 0. The largest absolute Gasteiger partial charge is 0.497 e. The van der Waals surface area contributed by atoms with Crippen LogP contribution in [-0.4, -0.2) is 32.9 Å². The third kappa shape index (κ3) is 3.12. The van der Waals surface area contributed by atoms with E-state index in [-0.39, 0.29) is 33.7 Å². The molecule has 3 aromatic rings. The van der Waals surface area contributed by atoms with Crippen molar-refractivity contribution < 1.29 is 17.9 Å². The summed E-state index contributed by atoms with van der Waals surface area (Å²) in [6.07, 6.45) is 2.20. The fourth-order valence-electron chi connectivity index (χ4n) is 3.68. The molecule has 0 aliphatic heterocycles. The third-order valence-electron chi connectivity index (χ3n) is 4.96. The van der Waals surface area contributed by atoms with Gasteiger partial charge in [0.05, 0.1) is 18.4 Å².